The zero-order chi connectivity index (χ0) is 13.7. The average molecular weight is 261 g/mol. The van der Waals surface area contributed by atoms with Crippen molar-refractivity contribution in [2.24, 2.45) is 11.7 Å². The predicted octanol–water partition coefficient (Wildman–Crippen LogP) is 1.65. The summed E-state index contributed by atoms with van der Waals surface area (Å²) in [6, 6.07) is 5.66. The normalized spacial score (nSPS) is 22.1. The maximum Gasteiger partial charge on any atom is 0.227 e. The quantitative estimate of drug-likeness (QED) is 0.873. The van der Waals surface area contributed by atoms with Crippen LogP contribution in [0.2, 0.25) is 0 Å². The second kappa shape index (κ2) is 6.39. The molecule has 2 N–H and O–H groups in total. The molecule has 1 aliphatic carbocycles. The fourth-order valence-electron chi connectivity index (χ4n) is 2.57. The highest BCUT2D eigenvalue weighted by Gasteiger charge is 2.33. The third kappa shape index (κ3) is 3.36. The van der Waals surface area contributed by atoms with E-state index in [1.165, 1.54) is 0 Å². The molecule has 0 aromatic carbocycles. The van der Waals surface area contributed by atoms with Crippen LogP contribution in [0.4, 0.5) is 0 Å². The van der Waals surface area contributed by atoms with Crippen LogP contribution in [0.15, 0.2) is 22.8 Å². The first-order valence-corrected chi connectivity index (χ1v) is 6.66. The summed E-state index contributed by atoms with van der Waals surface area (Å²) in [6.07, 6.45) is 4.67. The highest BCUT2D eigenvalue weighted by atomic mass is 16.3. The number of nitrogens with two attached hydrogens (primary N) is 1. The van der Waals surface area contributed by atoms with Gasteiger partial charge in [0, 0.05) is 12.6 Å². The zero-order valence-electron chi connectivity index (χ0n) is 10.9. The number of hydrogen-bond donors (Lipinski definition) is 1. The molecule has 5 nitrogen and oxygen atoms in total. The van der Waals surface area contributed by atoms with Gasteiger partial charge in [0.05, 0.1) is 31.2 Å². The van der Waals surface area contributed by atoms with Gasteiger partial charge in [0.1, 0.15) is 5.76 Å². The molecular formula is C14H19N3O2. The Balaban J connectivity index is 2.03. The maximum atomic E-state index is 12.5. The van der Waals surface area contributed by atoms with Crippen LogP contribution in [-0.2, 0) is 11.3 Å². The average Bonchev–Trinajstić information content (AvgIpc) is 3.05. The Labute approximate surface area is 113 Å². The number of rotatable bonds is 5. The van der Waals surface area contributed by atoms with Crippen molar-refractivity contribution in [1.29, 1.82) is 5.26 Å². The van der Waals surface area contributed by atoms with E-state index < -0.39 is 0 Å². The van der Waals surface area contributed by atoms with E-state index in [1.807, 2.05) is 6.07 Å². The molecule has 1 fully saturated rings. The number of nitrogens with zero attached hydrogens (tertiary/aromatic N) is 2. The molecule has 5 heteroatoms. The minimum Gasteiger partial charge on any atom is -0.467 e. The lowest BCUT2D eigenvalue weighted by Crippen LogP contribution is -2.41. The molecule has 0 saturated heterocycles. The molecule has 1 saturated carbocycles. The summed E-state index contributed by atoms with van der Waals surface area (Å²) in [5.41, 5.74) is 5.98. The van der Waals surface area contributed by atoms with Crippen LogP contribution < -0.4 is 5.73 Å². The first-order valence-electron chi connectivity index (χ1n) is 6.66. The fourth-order valence-corrected chi connectivity index (χ4v) is 2.57. The summed E-state index contributed by atoms with van der Waals surface area (Å²) in [4.78, 5) is 14.2. The Bertz CT molecular complexity index is 450. The summed E-state index contributed by atoms with van der Waals surface area (Å²) in [5, 5.41) is 8.70. The van der Waals surface area contributed by atoms with Crippen LogP contribution in [-0.4, -0.2) is 23.4 Å². The van der Waals surface area contributed by atoms with E-state index in [0.29, 0.717) is 19.5 Å². The van der Waals surface area contributed by atoms with Crippen molar-refractivity contribution in [3.05, 3.63) is 24.2 Å². The van der Waals surface area contributed by atoms with Gasteiger partial charge in [-0.15, -0.1) is 0 Å². The molecule has 2 rings (SSSR count). The van der Waals surface area contributed by atoms with Crippen molar-refractivity contribution in [3.63, 3.8) is 0 Å². The molecule has 1 amide bonds. The second-order valence-corrected chi connectivity index (χ2v) is 4.95. The lowest BCUT2D eigenvalue weighted by molar-refractivity contribution is -0.136. The molecule has 0 radical (unpaired) electrons. The first kappa shape index (κ1) is 13.6. The number of nitriles is 1. The summed E-state index contributed by atoms with van der Waals surface area (Å²) in [5.74, 6) is 0.683. The topological polar surface area (TPSA) is 83.3 Å². The largest absolute Gasteiger partial charge is 0.467 e. The maximum absolute atomic E-state index is 12.5. The van der Waals surface area contributed by atoms with E-state index in [0.717, 1.165) is 25.0 Å². The van der Waals surface area contributed by atoms with Crippen molar-refractivity contribution >= 4 is 5.91 Å². The number of hydrogen-bond acceptors (Lipinski definition) is 4. The van der Waals surface area contributed by atoms with Crippen LogP contribution >= 0.6 is 0 Å². The summed E-state index contributed by atoms with van der Waals surface area (Å²) >= 11 is 0. The molecule has 1 aromatic rings. The molecule has 1 aliphatic rings. The Kier molecular flexibility index (Phi) is 4.58. The van der Waals surface area contributed by atoms with Gasteiger partial charge in [-0.05, 0) is 25.0 Å². The number of carbonyl (C=O) groups excluding carboxylic acids is 1. The highest BCUT2D eigenvalue weighted by molar-refractivity contribution is 5.79. The van der Waals surface area contributed by atoms with E-state index in [4.69, 9.17) is 15.4 Å². The Morgan fingerprint density at radius 3 is 3.00 bits per heavy atom. The van der Waals surface area contributed by atoms with E-state index in [2.05, 4.69) is 6.07 Å². The van der Waals surface area contributed by atoms with Crippen molar-refractivity contribution in [3.8, 4) is 6.07 Å². The van der Waals surface area contributed by atoms with E-state index in [1.54, 1.807) is 17.2 Å². The zero-order valence-corrected chi connectivity index (χ0v) is 10.9. The van der Waals surface area contributed by atoms with Gasteiger partial charge in [-0.2, -0.15) is 5.26 Å². The molecule has 2 unspecified atom stereocenters. The lowest BCUT2D eigenvalue weighted by atomic mass is 10.0. The fraction of sp³-hybridized carbons (Fsp3) is 0.571. The minimum absolute atomic E-state index is 0.0475. The third-order valence-electron chi connectivity index (χ3n) is 3.62. The smallest absolute Gasteiger partial charge is 0.227 e. The summed E-state index contributed by atoms with van der Waals surface area (Å²) in [6.45, 7) is 0.843. The Hall–Kier alpha value is -1.80. The third-order valence-corrected chi connectivity index (χ3v) is 3.62. The lowest BCUT2D eigenvalue weighted by Gasteiger charge is -2.25. The van der Waals surface area contributed by atoms with Crippen LogP contribution in [0.5, 0.6) is 0 Å². The van der Waals surface area contributed by atoms with Crippen molar-refractivity contribution in [2.75, 3.05) is 6.54 Å². The molecule has 1 aromatic heterocycles. The van der Waals surface area contributed by atoms with Crippen molar-refractivity contribution in [2.45, 2.75) is 38.3 Å². The van der Waals surface area contributed by atoms with Gasteiger partial charge >= 0.3 is 0 Å². The van der Waals surface area contributed by atoms with Gasteiger partial charge in [-0.25, -0.2) is 0 Å². The number of carbonyl (C=O) groups is 1. The van der Waals surface area contributed by atoms with Crippen LogP contribution in [0.3, 0.4) is 0 Å². The van der Waals surface area contributed by atoms with E-state index in [9.17, 15) is 4.79 Å². The van der Waals surface area contributed by atoms with Crippen LogP contribution in [0.25, 0.3) is 0 Å². The minimum atomic E-state index is -0.103. The monoisotopic (exact) mass is 261 g/mol. The van der Waals surface area contributed by atoms with E-state index >= 15 is 0 Å². The SMILES string of the molecule is N#CCCN(Cc1ccco1)C(=O)C1CCCC1N. The second-order valence-electron chi connectivity index (χ2n) is 4.95. The Morgan fingerprint density at radius 2 is 2.42 bits per heavy atom. The van der Waals surface area contributed by atoms with Crippen LogP contribution in [0, 0.1) is 17.2 Å². The van der Waals surface area contributed by atoms with Crippen molar-refractivity contribution < 1.29 is 9.21 Å². The molecule has 1 heterocycles. The standard InChI is InChI=1S/C14H19N3O2/c15-7-3-8-17(10-11-4-2-9-19-11)14(18)12-5-1-6-13(12)16/h2,4,9,12-13H,1,3,5-6,8,10,16H2. The number of amides is 1. The molecule has 19 heavy (non-hydrogen) atoms. The first-order chi connectivity index (χ1) is 9.22. The van der Waals surface area contributed by atoms with Gasteiger partial charge in [-0.3, -0.25) is 4.79 Å². The van der Waals surface area contributed by atoms with Gasteiger partial charge in [0.15, 0.2) is 0 Å². The molecular weight excluding hydrogens is 242 g/mol. The Morgan fingerprint density at radius 1 is 1.58 bits per heavy atom. The van der Waals surface area contributed by atoms with Crippen LogP contribution in [0.1, 0.15) is 31.4 Å². The molecule has 0 bridgehead atoms. The van der Waals surface area contributed by atoms with E-state index in [-0.39, 0.29) is 17.9 Å². The predicted molar refractivity (Wildman–Crippen MR) is 69.7 cm³/mol. The molecule has 0 aliphatic heterocycles. The van der Waals surface area contributed by atoms with Gasteiger partial charge < -0.3 is 15.1 Å². The molecule has 2 atom stereocenters. The van der Waals surface area contributed by atoms with Gasteiger partial charge in [0.25, 0.3) is 0 Å². The molecule has 0 spiro atoms. The summed E-state index contributed by atoms with van der Waals surface area (Å²) in [7, 11) is 0. The van der Waals surface area contributed by atoms with Gasteiger partial charge in [0.2, 0.25) is 5.91 Å². The van der Waals surface area contributed by atoms with Gasteiger partial charge in [-0.1, -0.05) is 6.42 Å². The summed E-state index contributed by atoms with van der Waals surface area (Å²) < 4.78 is 5.28. The van der Waals surface area contributed by atoms with Crippen molar-refractivity contribution in [1.82, 2.24) is 4.90 Å². The molecule has 102 valence electrons. The number of furan rings is 1. The highest BCUT2D eigenvalue weighted by Crippen LogP contribution is 2.26.